The van der Waals surface area contributed by atoms with Crippen LogP contribution in [0.15, 0.2) is 48.5 Å². The maximum Gasteiger partial charge on any atom is 0.244 e. The van der Waals surface area contributed by atoms with Crippen molar-refractivity contribution in [1.29, 1.82) is 0 Å². The minimum absolute atomic E-state index is 0.154. The zero-order valence-electron chi connectivity index (χ0n) is 13.7. The number of methoxy groups -OCH3 is 2. The highest BCUT2D eigenvalue weighted by Gasteiger charge is 2.01. The second kappa shape index (κ2) is 8.99. The summed E-state index contributed by atoms with van der Waals surface area (Å²) in [5.41, 5.74) is 1.92. The summed E-state index contributed by atoms with van der Waals surface area (Å²) in [5.74, 6) is 1.20. The molecular weight excluding hydrogens is 326 g/mol. The van der Waals surface area contributed by atoms with E-state index in [2.05, 4.69) is 5.32 Å². The molecule has 0 bridgehead atoms. The van der Waals surface area contributed by atoms with Crippen LogP contribution in [0.2, 0.25) is 5.02 Å². The van der Waals surface area contributed by atoms with Crippen molar-refractivity contribution >= 4 is 23.6 Å². The highest BCUT2D eigenvalue weighted by Crippen LogP contribution is 2.23. The SMILES string of the molecule is COc1cc(/C=C/C(=O)NCCc2cccc(Cl)c2)cc(OC)c1. The molecule has 0 aliphatic rings. The van der Waals surface area contributed by atoms with Crippen molar-refractivity contribution in [3.05, 3.63) is 64.7 Å². The fourth-order valence-electron chi connectivity index (χ4n) is 2.18. The summed E-state index contributed by atoms with van der Waals surface area (Å²) < 4.78 is 10.4. The maximum absolute atomic E-state index is 11.9. The molecule has 0 atom stereocenters. The van der Waals surface area contributed by atoms with E-state index in [0.29, 0.717) is 23.1 Å². The van der Waals surface area contributed by atoms with Gasteiger partial charge in [0.2, 0.25) is 5.91 Å². The van der Waals surface area contributed by atoms with Crippen molar-refractivity contribution in [2.24, 2.45) is 0 Å². The van der Waals surface area contributed by atoms with Crippen molar-refractivity contribution in [2.75, 3.05) is 20.8 Å². The summed E-state index contributed by atoms with van der Waals surface area (Å²) in [6, 6.07) is 13.0. The number of hydrogen-bond donors (Lipinski definition) is 1. The quantitative estimate of drug-likeness (QED) is 0.778. The maximum atomic E-state index is 11.9. The third kappa shape index (κ3) is 5.63. The molecule has 0 saturated carbocycles. The second-order valence-corrected chi connectivity index (χ2v) is 5.59. The minimum Gasteiger partial charge on any atom is -0.497 e. The lowest BCUT2D eigenvalue weighted by atomic mass is 10.1. The lowest BCUT2D eigenvalue weighted by molar-refractivity contribution is -0.116. The van der Waals surface area contributed by atoms with E-state index < -0.39 is 0 Å². The van der Waals surface area contributed by atoms with Gasteiger partial charge in [0.15, 0.2) is 0 Å². The topological polar surface area (TPSA) is 47.6 Å². The van der Waals surface area contributed by atoms with Crippen LogP contribution >= 0.6 is 11.6 Å². The number of carbonyl (C=O) groups excluding carboxylic acids is 1. The van der Waals surface area contributed by atoms with Gasteiger partial charge in [-0.25, -0.2) is 0 Å². The van der Waals surface area contributed by atoms with E-state index in [1.807, 2.05) is 36.4 Å². The second-order valence-electron chi connectivity index (χ2n) is 5.15. The van der Waals surface area contributed by atoms with Crippen LogP contribution in [0, 0.1) is 0 Å². The molecule has 0 radical (unpaired) electrons. The molecule has 24 heavy (non-hydrogen) atoms. The number of amides is 1. The summed E-state index contributed by atoms with van der Waals surface area (Å²) in [6.07, 6.45) is 3.94. The van der Waals surface area contributed by atoms with E-state index >= 15 is 0 Å². The molecule has 0 aliphatic carbocycles. The smallest absolute Gasteiger partial charge is 0.244 e. The largest absolute Gasteiger partial charge is 0.497 e. The van der Waals surface area contributed by atoms with Gasteiger partial charge in [0.25, 0.3) is 0 Å². The summed E-state index contributed by atoms with van der Waals surface area (Å²) in [7, 11) is 3.18. The number of nitrogens with one attached hydrogen (secondary N) is 1. The Labute approximate surface area is 147 Å². The Balaban J connectivity index is 1.88. The molecule has 126 valence electrons. The Morgan fingerprint density at radius 2 is 1.83 bits per heavy atom. The normalized spacial score (nSPS) is 10.6. The van der Waals surface area contributed by atoms with Gasteiger partial charge in [0.1, 0.15) is 11.5 Å². The molecule has 5 heteroatoms. The number of carbonyl (C=O) groups is 1. The molecular formula is C19H20ClNO3. The zero-order chi connectivity index (χ0) is 17.4. The Morgan fingerprint density at radius 3 is 2.46 bits per heavy atom. The van der Waals surface area contributed by atoms with Gasteiger partial charge in [-0.2, -0.15) is 0 Å². The molecule has 0 fully saturated rings. The molecule has 1 amide bonds. The molecule has 0 aromatic heterocycles. The summed E-state index contributed by atoms with van der Waals surface area (Å²) in [6.45, 7) is 0.547. The average Bonchev–Trinajstić information content (AvgIpc) is 2.59. The Hall–Kier alpha value is -2.46. The van der Waals surface area contributed by atoms with Gasteiger partial charge in [-0.05, 0) is 47.9 Å². The summed E-state index contributed by atoms with van der Waals surface area (Å²) in [5, 5.41) is 3.55. The predicted octanol–water partition coefficient (Wildman–Crippen LogP) is 3.73. The first-order valence-electron chi connectivity index (χ1n) is 7.54. The molecule has 2 rings (SSSR count). The van der Waals surface area contributed by atoms with Gasteiger partial charge >= 0.3 is 0 Å². The zero-order valence-corrected chi connectivity index (χ0v) is 14.5. The first kappa shape index (κ1) is 17.9. The highest BCUT2D eigenvalue weighted by atomic mass is 35.5. The first-order chi connectivity index (χ1) is 11.6. The van der Waals surface area contributed by atoms with Crippen LogP contribution in [0.25, 0.3) is 6.08 Å². The van der Waals surface area contributed by atoms with Crippen molar-refractivity contribution in [2.45, 2.75) is 6.42 Å². The number of ether oxygens (including phenoxy) is 2. The molecule has 0 unspecified atom stereocenters. The average molecular weight is 346 g/mol. The highest BCUT2D eigenvalue weighted by molar-refractivity contribution is 6.30. The monoisotopic (exact) mass is 345 g/mol. The molecule has 2 aromatic carbocycles. The number of halogens is 1. The van der Waals surface area contributed by atoms with Crippen LogP contribution < -0.4 is 14.8 Å². The van der Waals surface area contributed by atoms with E-state index in [1.54, 1.807) is 26.4 Å². The number of hydrogen-bond acceptors (Lipinski definition) is 3. The van der Waals surface area contributed by atoms with E-state index in [0.717, 1.165) is 17.5 Å². The van der Waals surface area contributed by atoms with Crippen LogP contribution in [0.3, 0.4) is 0 Å². The van der Waals surface area contributed by atoms with Gasteiger partial charge in [-0.15, -0.1) is 0 Å². The number of rotatable bonds is 7. The van der Waals surface area contributed by atoms with E-state index in [1.165, 1.54) is 6.08 Å². The van der Waals surface area contributed by atoms with E-state index in [9.17, 15) is 4.79 Å². The first-order valence-corrected chi connectivity index (χ1v) is 7.92. The minimum atomic E-state index is -0.154. The molecule has 0 aliphatic heterocycles. The lowest BCUT2D eigenvalue weighted by Gasteiger charge is -2.06. The standard InChI is InChI=1S/C19H20ClNO3/c1-23-17-11-15(12-18(13-17)24-2)6-7-19(22)21-9-8-14-4-3-5-16(20)10-14/h3-7,10-13H,8-9H2,1-2H3,(H,21,22)/b7-6+. The van der Waals surface area contributed by atoms with Crippen LogP contribution in [0.1, 0.15) is 11.1 Å². The Bertz CT molecular complexity index is 706. The molecule has 0 heterocycles. The molecule has 0 saturated heterocycles. The molecule has 2 aromatic rings. The van der Waals surface area contributed by atoms with E-state index in [-0.39, 0.29) is 5.91 Å². The lowest BCUT2D eigenvalue weighted by Crippen LogP contribution is -2.23. The van der Waals surface area contributed by atoms with Crippen LogP contribution in [0.4, 0.5) is 0 Å². The van der Waals surface area contributed by atoms with Crippen molar-refractivity contribution in [3.63, 3.8) is 0 Å². The van der Waals surface area contributed by atoms with Crippen LogP contribution in [-0.2, 0) is 11.2 Å². The van der Waals surface area contributed by atoms with E-state index in [4.69, 9.17) is 21.1 Å². The predicted molar refractivity (Wildman–Crippen MR) is 96.7 cm³/mol. The molecule has 4 nitrogen and oxygen atoms in total. The van der Waals surface area contributed by atoms with Crippen LogP contribution in [-0.4, -0.2) is 26.7 Å². The Morgan fingerprint density at radius 1 is 1.12 bits per heavy atom. The molecule has 1 N–H and O–H groups in total. The molecule has 0 spiro atoms. The summed E-state index contributed by atoms with van der Waals surface area (Å²) >= 11 is 5.93. The van der Waals surface area contributed by atoms with Gasteiger partial charge in [-0.1, -0.05) is 23.7 Å². The fourth-order valence-corrected chi connectivity index (χ4v) is 2.39. The van der Waals surface area contributed by atoms with Crippen LogP contribution in [0.5, 0.6) is 11.5 Å². The van der Waals surface area contributed by atoms with Crippen molar-refractivity contribution in [3.8, 4) is 11.5 Å². The third-order valence-electron chi connectivity index (χ3n) is 3.40. The van der Waals surface area contributed by atoms with Crippen molar-refractivity contribution < 1.29 is 14.3 Å². The third-order valence-corrected chi connectivity index (χ3v) is 3.64. The van der Waals surface area contributed by atoms with Gasteiger partial charge in [-0.3, -0.25) is 4.79 Å². The number of benzene rings is 2. The van der Waals surface area contributed by atoms with Gasteiger partial charge in [0.05, 0.1) is 14.2 Å². The summed E-state index contributed by atoms with van der Waals surface area (Å²) in [4.78, 5) is 11.9. The van der Waals surface area contributed by atoms with Crippen molar-refractivity contribution in [1.82, 2.24) is 5.32 Å². The Kier molecular flexibility index (Phi) is 6.70. The van der Waals surface area contributed by atoms with Gasteiger partial charge in [0, 0.05) is 23.7 Å². The van der Waals surface area contributed by atoms with Gasteiger partial charge < -0.3 is 14.8 Å². The fraction of sp³-hybridized carbons (Fsp3) is 0.211.